The first-order valence-electron chi connectivity index (χ1n) is 8.56. The fourth-order valence-corrected chi connectivity index (χ4v) is 4.41. The second kappa shape index (κ2) is 7.28. The first-order chi connectivity index (χ1) is 13.6. The maximum Gasteiger partial charge on any atom is 0.362 e. The van der Waals surface area contributed by atoms with Crippen molar-refractivity contribution in [3.63, 3.8) is 0 Å². The number of fused-ring (bicyclic) bond motifs is 1. The summed E-state index contributed by atoms with van der Waals surface area (Å²) < 4.78 is 32.8. The molecule has 0 bridgehead atoms. The number of rotatable bonds is 4. The Labute approximate surface area is 162 Å². The lowest BCUT2D eigenvalue weighted by molar-refractivity contribution is 0.0682. The molecule has 1 aliphatic rings. The molecule has 0 N–H and O–H groups in total. The highest BCUT2D eigenvalue weighted by Gasteiger charge is 2.33. The molecule has 1 aromatic heterocycles. The molecule has 0 aliphatic carbocycles. The fraction of sp³-hybridized carbons (Fsp3) is 0.0476. The van der Waals surface area contributed by atoms with Crippen LogP contribution in [0.15, 0.2) is 90.1 Å². The zero-order valence-corrected chi connectivity index (χ0v) is 15.5. The summed E-state index contributed by atoms with van der Waals surface area (Å²) in [6.07, 6.45) is 2.84. The van der Waals surface area contributed by atoms with E-state index in [1.165, 1.54) is 28.8 Å². The number of hydrogen-bond acceptors (Lipinski definition) is 5. The van der Waals surface area contributed by atoms with Gasteiger partial charge in [0.25, 0.3) is 10.0 Å². The molecule has 0 spiro atoms. The van der Waals surface area contributed by atoms with Crippen molar-refractivity contribution in [1.29, 1.82) is 0 Å². The minimum absolute atomic E-state index is 0.0947. The monoisotopic (exact) mass is 392 g/mol. The molecular weight excluding hydrogens is 376 g/mol. The van der Waals surface area contributed by atoms with Crippen LogP contribution >= 0.6 is 0 Å². The van der Waals surface area contributed by atoms with Crippen molar-refractivity contribution in [2.75, 3.05) is 0 Å². The molecular formula is C21H16N2O4S. The van der Waals surface area contributed by atoms with Crippen molar-refractivity contribution in [3.8, 4) is 0 Å². The van der Waals surface area contributed by atoms with Crippen molar-refractivity contribution in [2.24, 2.45) is 0 Å². The average molecular weight is 392 g/mol. The summed E-state index contributed by atoms with van der Waals surface area (Å²) in [7, 11) is -3.76. The van der Waals surface area contributed by atoms with Crippen LogP contribution in [0.3, 0.4) is 0 Å². The van der Waals surface area contributed by atoms with Crippen LogP contribution in [0, 0.1) is 0 Å². The third kappa shape index (κ3) is 3.39. The topological polar surface area (TPSA) is 76.6 Å². The predicted molar refractivity (Wildman–Crippen MR) is 103 cm³/mol. The van der Waals surface area contributed by atoms with E-state index in [9.17, 15) is 13.2 Å². The Bertz CT molecular complexity index is 1140. The lowest BCUT2D eigenvalue weighted by atomic mass is 10.2. The summed E-state index contributed by atoms with van der Waals surface area (Å²) in [6.45, 7) is 0.127. The van der Waals surface area contributed by atoms with Gasteiger partial charge in [0.15, 0.2) is 5.76 Å². The summed E-state index contributed by atoms with van der Waals surface area (Å²) in [5, 5.41) is 0. The van der Waals surface area contributed by atoms with Gasteiger partial charge < -0.3 is 4.74 Å². The Morgan fingerprint density at radius 1 is 0.929 bits per heavy atom. The number of carbonyl (C=O) groups excluding carboxylic acids is 1. The number of benzene rings is 2. The molecule has 0 radical (unpaired) electrons. The molecule has 1 aliphatic heterocycles. The highest BCUT2D eigenvalue weighted by molar-refractivity contribution is 7.89. The molecule has 0 amide bonds. The molecule has 2 heterocycles. The molecule has 0 unspecified atom stereocenters. The van der Waals surface area contributed by atoms with Crippen LogP contribution in [-0.4, -0.2) is 23.7 Å². The van der Waals surface area contributed by atoms with E-state index in [1.807, 2.05) is 30.3 Å². The van der Waals surface area contributed by atoms with Crippen LogP contribution < -0.4 is 0 Å². The summed E-state index contributed by atoms with van der Waals surface area (Å²) in [5.41, 5.74) is 1.30. The fourth-order valence-electron chi connectivity index (χ4n) is 2.90. The van der Waals surface area contributed by atoms with Crippen molar-refractivity contribution in [3.05, 3.63) is 102 Å². The minimum Gasteiger partial charge on any atom is -0.420 e. The molecule has 140 valence electrons. The number of ether oxygens (including phenoxy) is 1. The van der Waals surface area contributed by atoms with E-state index in [-0.39, 0.29) is 22.9 Å². The zero-order valence-electron chi connectivity index (χ0n) is 14.7. The Morgan fingerprint density at radius 3 is 2.39 bits per heavy atom. The smallest absolute Gasteiger partial charge is 0.362 e. The van der Waals surface area contributed by atoms with Crippen LogP contribution in [-0.2, 0) is 21.3 Å². The maximum atomic E-state index is 13.0. The molecule has 3 aromatic rings. The molecule has 7 heteroatoms. The highest BCUT2D eigenvalue weighted by atomic mass is 32.2. The van der Waals surface area contributed by atoms with Crippen molar-refractivity contribution >= 4 is 21.8 Å². The summed E-state index contributed by atoms with van der Waals surface area (Å²) in [4.78, 5) is 16.5. The van der Waals surface area contributed by atoms with E-state index in [0.717, 1.165) is 5.56 Å². The Balaban J connectivity index is 1.73. The van der Waals surface area contributed by atoms with Gasteiger partial charge in [0.05, 0.1) is 17.6 Å². The van der Waals surface area contributed by atoms with E-state index < -0.39 is 16.0 Å². The van der Waals surface area contributed by atoms with Crippen LogP contribution in [0.25, 0.3) is 5.76 Å². The second-order valence-electron chi connectivity index (χ2n) is 6.13. The number of hydrogen-bond donors (Lipinski definition) is 0. The molecule has 4 rings (SSSR count). The number of carbonyl (C=O) groups is 1. The first-order valence-corrected chi connectivity index (χ1v) is 10.00. The van der Waals surface area contributed by atoms with Gasteiger partial charge in [0, 0.05) is 11.8 Å². The molecule has 0 fully saturated rings. The zero-order chi connectivity index (χ0) is 19.6. The van der Waals surface area contributed by atoms with Crippen LogP contribution in [0.2, 0.25) is 0 Å². The van der Waals surface area contributed by atoms with Crippen LogP contribution in [0.4, 0.5) is 0 Å². The third-order valence-electron chi connectivity index (χ3n) is 4.26. The lowest BCUT2D eigenvalue weighted by Crippen LogP contribution is -2.30. The molecule has 6 nitrogen and oxygen atoms in total. The van der Waals surface area contributed by atoms with Crippen LogP contribution in [0.1, 0.15) is 21.6 Å². The SMILES string of the molecule is O=C(OC1=CN(Cc2ccccc2)S(=O)(=O)c2ccccc21)c1ccccn1. The molecule has 2 aromatic carbocycles. The standard InChI is InChI=1S/C21H16N2O4S/c24-21(18-11-6-7-13-22-18)27-19-15-23(14-16-8-2-1-3-9-16)28(25,26)20-12-5-4-10-17(19)20/h1-13,15H,14H2. The number of esters is 1. The van der Waals surface area contributed by atoms with E-state index >= 15 is 0 Å². The largest absolute Gasteiger partial charge is 0.420 e. The molecule has 0 atom stereocenters. The maximum absolute atomic E-state index is 13.0. The van der Waals surface area contributed by atoms with Gasteiger partial charge in [0.1, 0.15) is 5.69 Å². The molecule has 0 saturated carbocycles. The summed E-state index contributed by atoms with van der Waals surface area (Å²) in [6, 6.07) is 20.6. The number of sulfonamides is 1. The summed E-state index contributed by atoms with van der Waals surface area (Å²) in [5.74, 6) is -0.488. The van der Waals surface area contributed by atoms with Gasteiger partial charge >= 0.3 is 5.97 Å². The van der Waals surface area contributed by atoms with E-state index in [0.29, 0.717) is 5.56 Å². The quantitative estimate of drug-likeness (QED) is 0.636. The lowest BCUT2D eigenvalue weighted by Gasteiger charge is -2.27. The van der Waals surface area contributed by atoms with E-state index in [2.05, 4.69) is 4.98 Å². The van der Waals surface area contributed by atoms with Gasteiger partial charge in [-0.1, -0.05) is 48.5 Å². The molecule has 28 heavy (non-hydrogen) atoms. The van der Waals surface area contributed by atoms with E-state index in [1.54, 1.807) is 30.3 Å². The van der Waals surface area contributed by atoms with Gasteiger partial charge in [-0.3, -0.25) is 4.31 Å². The summed E-state index contributed by atoms with van der Waals surface area (Å²) >= 11 is 0. The predicted octanol–water partition coefficient (Wildman–Crippen LogP) is 3.44. The highest BCUT2D eigenvalue weighted by Crippen LogP contribution is 2.34. The Morgan fingerprint density at radius 2 is 1.64 bits per heavy atom. The van der Waals surface area contributed by atoms with Crippen LogP contribution in [0.5, 0.6) is 0 Å². The number of nitrogens with zero attached hydrogens (tertiary/aromatic N) is 2. The van der Waals surface area contributed by atoms with Gasteiger partial charge in [-0.2, -0.15) is 0 Å². The van der Waals surface area contributed by atoms with Gasteiger partial charge in [-0.05, 0) is 29.8 Å². The first kappa shape index (κ1) is 17.9. The Kier molecular flexibility index (Phi) is 4.67. The van der Waals surface area contributed by atoms with Crippen molar-refractivity contribution in [1.82, 2.24) is 9.29 Å². The van der Waals surface area contributed by atoms with Crippen molar-refractivity contribution in [2.45, 2.75) is 11.4 Å². The molecule has 0 saturated heterocycles. The minimum atomic E-state index is -3.76. The number of aromatic nitrogens is 1. The normalized spacial score (nSPS) is 14.7. The van der Waals surface area contributed by atoms with Gasteiger partial charge in [-0.25, -0.2) is 18.2 Å². The van der Waals surface area contributed by atoms with E-state index in [4.69, 9.17) is 4.74 Å². The number of pyridine rings is 1. The van der Waals surface area contributed by atoms with Gasteiger partial charge in [0.2, 0.25) is 0 Å². The average Bonchev–Trinajstić information content (AvgIpc) is 2.73. The third-order valence-corrected chi connectivity index (χ3v) is 6.02. The Hall–Kier alpha value is -3.45. The van der Waals surface area contributed by atoms with Crippen molar-refractivity contribution < 1.29 is 17.9 Å². The van der Waals surface area contributed by atoms with Gasteiger partial charge in [-0.15, -0.1) is 0 Å². The second-order valence-corrected chi connectivity index (χ2v) is 7.99.